The molecular formula is C15H15FN2O3S. The summed E-state index contributed by atoms with van der Waals surface area (Å²) in [4.78, 5) is 11.7. The molecule has 0 heterocycles. The molecule has 0 atom stereocenters. The highest BCUT2D eigenvalue weighted by molar-refractivity contribution is 7.88. The van der Waals surface area contributed by atoms with Crippen molar-refractivity contribution in [3.8, 4) is 0 Å². The number of sulfonamides is 1. The summed E-state index contributed by atoms with van der Waals surface area (Å²) in [6, 6.07) is 14.0. The Hall–Kier alpha value is -2.25. The maximum Gasteiger partial charge on any atom is 0.239 e. The second kappa shape index (κ2) is 7.15. The average molecular weight is 322 g/mol. The van der Waals surface area contributed by atoms with E-state index < -0.39 is 28.3 Å². The van der Waals surface area contributed by atoms with E-state index in [1.807, 2.05) is 0 Å². The van der Waals surface area contributed by atoms with E-state index in [1.54, 1.807) is 30.3 Å². The Morgan fingerprint density at radius 2 is 1.77 bits per heavy atom. The molecule has 0 saturated carbocycles. The normalized spacial score (nSPS) is 11.1. The van der Waals surface area contributed by atoms with E-state index in [4.69, 9.17) is 0 Å². The van der Waals surface area contributed by atoms with Gasteiger partial charge in [0.2, 0.25) is 15.9 Å². The highest BCUT2D eigenvalue weighted by Gasteiger charge is 2.13. The van der Waals surface area contributed by atoms with Gasteiger partial charge in [-0.25, -0.2) is 17.5 Å². The zero-order valence-corrected chi connectivity index (χ0v) is 12.4. The molecule has 2 aromatic rings. The van der Waals surface area contributed by atoms with Gasteiger partial charge in [0.15, 0.2) is 0 Å². The maximum atomic E-state index is 13.0. The molecule has 1 amide bonds. The van der Waals surface area contributed by atoms with Crippen LogP contribution in [0.3, 0.4) is 0 Å². The Balaban J connectivity index is 1.87. The van der Waals surface area contributed by atoms with Crippen molar-refractivity contribution in [2.24, 2.45) is 0 Å². The van der Waals surface area contributed by atoms with E-state index >= 15 is 0 Å². The molecule has 0 saturated heterocycles. The third kappa shape index (κ3) is 5.27. The Labute approximate surface area is 128 Å². The van der Waals surface area contributed by atoms with Crippen LogP contribution in [0.4, 0.5) is 10.1 Å². The van der Waals surface area contributed by atoms with Gasteiger partial charge in [-0.05, 0) is 23.8 Å². The minimum Gasteiger partial charge on any atom is -0.325 e. The number of benzene rings is 2. The van der Waals surface area contributed by atoms with Gasteiger partial charge in [0.05, 0.1) is 12.3 Å². The number of carbonyl (C=O) groups is 1. The molecule has 22 heavy (non-hydrogen) atoms. The molecule has 0 spiro atoms. The molecule has 0 aromatic heterocycles. The maximum absolute atomic E-state index is 13.0. The first-order valence-electron chi connectivity index (χ1n) is 6.51. The summed E-state index contributed by atoms with van der Waals surface area (Å²) in [6.45, 7) is -0.411. The second-order valence-corrected chi connectivity index (χ2v) is 6.43. The van der Waals surface area contributed by atoms with Crippen molar-refractivity contribution < 1.29 is 17.6 Å². The third-order valence-electron chi connectivity index (χ3n) is 2.76. The summed E-state index contributed by atoms with van der Waals surface area (Å²) in [6.07, 6.45) is 0. The van der Waals surface area contributed by atoms with Gasteiger partial charge in [-0.3, -0.25) is 4.79 Å². The van der Waals surface area contributed by atoms with Gasteiger partial charge in [-0.15, -0.1) is 0 Å². The van der Waals surface area contributed by atoms with Crippen molar-refractivity contribution in [1.29, 1.82) is 0 Å². The minimum absolute atomic E-state index is 0.207. The molecular weight excluding hydrogens is 307 g/mol. The van der Waals surface area contributed by atoms with Gasteiger partial charge in [0.25, 0.3) is 0 Å². The van der Waals surface area contributed by atoms with E-state index in [0.717, 1.165) is 6.07 Å². The Kier molecular flexibility index (Phi) is 5.24. The number of hydrogen-bond acceptors (Lipinski definition) is 3. The van der Waals surface area contributed by atoms with Gasteiger partial charge in [-0.1, -0.05) is 36.4 Å². The summed E-state index contributed by atoms with van der Waals surface area (Å²) < 4.78 is 38.9. The fourth-order valence-electron chi connectivity index (χ4n) is 1.79. The third-order valence-corrected chi connectivity index (χ3v) is 4.06. The quantitative estimate of drug-likeness (QED) is 0.853. The topological polar surface area (TPSA) is 75.3 Å². The zero-order valence-electron chi connectivity index (χ0n) is 11.6. The highest BCUT2D eigenvalue weighted by atomic mass is 32.2. The van der Waals surface area contributed by atoms with Crippen molar-refractivity contribution in [2.45, 2.75) is 5.75 Å². The van der Waals surface area contributed by atoms with E-state index in [1.165, 1.54) is 18.2 Å². The molecule has 0 aliphatic rings. The van der Waals surface area contributed by atoms with Crippen molar-refractivity contribution >= 4 is 21.6 Å². The van der Waals surface area contributed by atoms with Crippen LogP contribution in [-0.2, 0) is 20.6 Å². The van der Waals surface area contributed by atoms with Crippen LogP contribution in [-0.4, -0.2) is 20.9 Å². The van der Waals surface area contributed by atoms with Crippen LogP contribution in [0.15, 0.2) is 54.6 Å². The van der Waals surface area contributed by atoms with Crippen molar-refractivity contribution in [3.05, 3.63) is 66.0 Å². The van der Waals surface area contributed by atoms with E-state index in [-0.39, 0.29) is 11.4 Å². The summed E-state index contributed by atoms with van der Waals surface area (Å²) in [5.41, 5.74) is 0.896. The average Bonchev–Trinajstić information content (AvgIpc) is 2.46. The predicted molar refractivity (Wildman–Crippen MR) is 82.1 cm³/mol. The molecule has 2 N–H and O–H groups in total. The standard InChI is InChI=1S/C15H15FN2O3S/c16-13-7-4-8-14(9-13)18-15(19)10-17-22(20,21)11-12-5-2-1-3-6-12/h1-9,17H,10-11H2,(H,18,19). The molecule has 116 valence electrons. The Morgan fingerprint density at radius 1 is 1.05 bits per heavy atom. The molecule has 2 rings (SSSR count). The predicted octanol–water partition coefficient (Wildman–Crippen LogP) is 1.88. The van der Waals surface area contributed by atoms with Gasteiger partial charge >= 0.3 is 0 Å². The molecule has 0 radical (unpaired) electrons. The van der Waals surface area contributed by atoms with E-state index in [2.05, 4.69) is 10.0 Å². The lowest BCUT2D eigenvalue weighted by Crippen LogP contribution is -2.33. The second-order valence-electron chi connectivity index (χ2n) is 4.62. The van der Waals surface area contributed by atoms with Crippen LogP contribution in [0, 0.1) is 5.82 Å². The first-order valence-corrected chi connectivity index (χ1v) is 8.16. The first-order chi connectivity index (χ1) is 10.4. The fraction of sp³-hybridized carbons (Fsp3) is 0.133. The molecule has 0 unspecified atom stereocenters. The molecule has 0 bridgehead atoms. The number of carbonyl (C=O) groups excluding carboxylic acids is 1. The number of halogens is 1. The number of nitrogens with one attached hydrogen (secondary N) is 2. The van der Waals surface area contributed by atoms with Crippen LogP contribution in [0.5, 0.6) is 0 Å². The van der Waals surface area contributed by atoms with Crippen LogP contribution >= 0.6 is 0 Å². The number of amides is 1. The monoisotopic (exact) mass is 322 g/mol. The van der Waals surface area contributed by atoms with Crippen LogP contribution in [0.25, 0.3) is 0 Å². The van der Waals surface area contributed by atoms with Gasteiger partial charge in [0.1, 0.15) is 5.82 Å². The summed E-state index contributed by atoms with van der Waals surface area (Å²) in [5, 5.41) is 2.41. The number of hydrogen-bond donors (Lipinski definition) is 2. The highest BCUT2D eigenvalue weighted by Crippen LogP contribution is 2.08. The van der Waals surface area contributed by atoms with Crippen LogP contribution in [0.2, 0.25) is 0 Å². The van der Waals surface area contributed by atoms with E-state index in [9.17, 15) is 17.6 Å². The van der Waals surface area contributed by atoms with Crippen LogP contribution in [0.1, 0.15) is 5.56 Å². The molecule has 2 aromatic carbocycles. The lowest BCUT2D eigenvalue weighted by atomic mass is 10.2. The largest absolute Gasteiger partial charge is 0.325 e. The van der Waals surface area contributed by atoms with Gasteiger partial charge < -0.3 is 5.32 Å². The molecule has 7 heteroatoms. The van der Waals surface area contributed by atoms with Gasteiger partial charge in [-0.2, -0.15) is 0 Å². The van der Waals surface area contributed by atoms with Crippen molar-refractivity contribution in [1.82, 2.24) is 4.72 Å². The minimum atomic E-state index is -3.62. The first kappa shape index (κ1) is 16.1. The Morgan fingerprint density at radius 3 is 2.45 bits per heavy atom. The number of anilines is 1. The molecule has 0 fully saturated rings. The summed E-state index contributed by atoms with van der Waals surface area (Å²) in [5.74, 6) is -1.26. The number of rotatable bonds is 6. The SMILES string of the molecule is O=C(CNS(=O)(=O)Cc1ccccc1)Nc1cccc(F)c1. The molecule has 0 aliphatic carbocycles. The zero-order chi connectivity index (χ0) is 16.0. The summed E-state index contributed by atoms with van der Waals surface area (Å²) in [7, 11) is -3.62. The lowest BCUT2D eigenvalue weighted by molar-refractivity contribution is -0.115. The smallest absolute Gasteiger partial charge is 0.239 e. The van der Waals surface area contributed by atoms with Gasteiger partial charge in [0, 0.05) is 5.69 Å². The van der Waals surface area contributed by atoms with Crippen molar-refractivity contribution in [3.63, 3.8) is 0 Å². The summed E-state index contributed by atoms with van der Waals surface area (Å²) >= 11 is 0. The van der Waals surface area contributed by atoms with Crippen LogP contribution < -0.4 is 10.0 Å². The van der Waals surface area contributed by atoms with E-state index in [0.29, 0.717) is 5.56 Å². The van der Waals surface area contributed by atoms with Crippen molar-refractivity contribution in [2.75, 3.05) is 11.9 Å². The fourth-order valence-corrected chi connectivity index (χ4v) is 2.88. The molecule has 5 nitrogen and oxygen atoms in total. The molecule has 0 aliphatic heterocycles. The Bertz CT molecular complexity index is 748. The lowest BCUT2D eigenvalue weighted by Gasteiger charge is -2.08.